The minimum absolute atomic E-state index is 0.128. The average molecular weight is 1030 g/mol. The highest BCUT2D eigenvalue weighted by molar-refractivity contribution is 5.87. The molecule has 6 rings (SSSR count). The van der Waals surface area contributed by atoms with Crippen LogP contribution in [-0.4, -0.2) is 66.1 Å². The summed E-state index contributed by atoms with van der Waals surface area (Å²) in [5.41, 5.74) is 3.14. The third kappa shape index (κ3) is 22.4. The third-order valence-electron chi connectivity index (χ3n) is 12.1. The van der Waals surface area contributed by atoms with E-state index < -0.39 is 65.7 Å². The molecule has 0 radical (unpaired) electrons. The maximum atomic E-state index is 12.6. The Labute approximate surface area is 422 Å². The molecule has 3 aromatic carbocycles. The number of ether oxygens (including phenoxy) is 5. The zero-order valence-electron chi connectivity index (χ0n) is 41.3. The summed E-state index contributed by atoms with van der Waals surface area (Å²) < 4.78 is 101. The number of allylic oxidation sites excluding steroid dienone is 6. The van der Waals surface area contributed by atoms with E-state index in [4.69, 9.17) is 18.9 Å². The number of hydrogen-bond acceptors (Lipinski definition) is 9. The number of carbonyl (C=O) groups excluding carboxylic acids is 2. The van der Waals surface area contributed by atoms with Crippen molar-refractivity contribution in [1.29, 1.82) is 0 Å². The van der Waals surface area contributed by atoms with Gasteiger partial charge in [0.2, 0.25) is 0 Å². The van der Waals surface area contributed by atoms with Crippen molar-refractivity contribution in [1.82, 2.24) is 0 Å². The molecule has 2 N–H and O–H groups in total. The van der Waals surface area contributed by atoms with Crippen LogP contribution in [0, 0.1) is 0 Å². The molecular weight excluding hydrogens is 963 g/mol. The number of carboxylic acids is 2. The molecule has 73 heavy (non-hydrogen) atoms. The van der Waals surface area contributed by atoms with Gasteiger partial charge >= 0.3 is 36.2 Å². The van der Waals surface area contributed by atoms with Crippen molar-refractivity contribution in [3.8, 4) is 17.2 Å². The molecule has 11 nitrogen and oxygen atoms in total. The molecular formula is C56H66F6O11. The summed E-state index contributed by atoms with van der Waals surface area (Å²) in [4.78, 5) is 45.9. The Kier molecular flexibility index (Phi) is 24.7. The highest BCUT2D eigenvalue weighted by atomic mass is 19.4. The lowest BCUT2D eigenvalue weighted by molar-refractivity contribution is -0.152. The maximum Gasteiger partial charge on any atom is 0.416 e. The van der Waals surface area contributed by atoms with Crippen molar-refractivity contribution >= 4 is 30.0 Å². The first-order valence-electron chi connectivity index (χ1n) is 24.7. The fraction of sp³-hybridized carbons (Fsp3) is 0.464. The summed E-state index contributed by atoms with van der Waals surface area (Å²) in [6.45, 7) is 1.94. The molecule has 0 saturated heterocycles. The standard InChI is InChI=1S/C20H24O5.C19H23F3O3.C17H19F3O3/c1-24-19(21)14-10-16-7-11-17(12-8-16)25-18(20(22)23)13-9-15-5-3-2-4-6-15;1-2-24-18(23)17(13-8-14-6-4-3-5-7-14)25-16-11-9-15(10-12-16)19(20,21)22;18-17(19,20)13-7-9-14(10-8-13)23-15(16(21)22)11-6-12-4-2-1-3-5-12/h5,7-8,10-12,14,18H,2-4,6,9,13H2,1H3,(H,22,23);6,9-12,17H,2-5,7-8,13H2,1H3;4,7-10,15H,1-3,5-6,11H2,(H,21,22)/b14-10+;;. The largest absolute Gasteiger partial charge is 0.479 e. The second-order valence-corrected chi connectivity index (χ2v) is 17.7. The molecule has 0 aromatic heterocycles. The van der Waals surface area contributed by atoms with E-state index in [2.05, 4.69) is 23.0 Å². The molecule has 0 amide bonds. The van der Waals surface area contributed by atoms with Gasteiger partial charge in [-0.15, -0.1) is 0 Å². The number of carboxylic acid groups (broad SMARTS) is 2. The topological polar surface area (TPSA) is 155 Å². The van der Waals surface area contributed by atoms with Crippen LogP contribution in [0.25, 0.3) is 6.08 Å². The van der Waals surface area contributed by atoms with Gasteiger partial charge in [0.05, 0.1) is 24.8 Å². The second kappa shape index (κ2) is 30.5. The molecule has 3 unspecified atom stereocenters. The lowest BCUT2D eigenvalue weighted by Crippen LogP contribution is -2.29. The van der Waals surface area contributed by atoms with Gasteiger partial charge in [-0.2, -0.15) is 26.3 Å². The predicted molar refractivity (Wildman–Crippen MR) is 263 cm³/mol. The number of methoxy groups -OCH3 is 1. The zero-order chi connectivity index (χ0) is 53.2. The highest BCUT2D eigenvalue weighted by Crippen LogP contribution is 2.33. The monoisotopic (exact) mass is 1030 g/mol. The number of aliphatic carboxylic acids is 2. The van der Waals surface area contributed by atoms with Gasteiger partial charge in [-0.3, -0.25) is 0 Å². The van der Waals surface area contributed by atoms with Crippen molar-refractivity contribution < 1.29 is 79.4 Å². The van der Waals surface area contributed by atoms with Crippen LogP contribution in [0.5, 0.6) is 17.2 Å². The summed E-state index contributed by atoms with van der Waals surface area (Å²) >= 11 is 0. The molecule has 0 aliphatic heterocycles. The minimum atomic E-state index is -4.42. The van der Waals surface area contributed by atoms with Gasteiger partial charge in [-0.1, -0.05) is 47.1 Å². The third-order valence-corrected chi connectivity index (χ3v) is 12.1. The van der Waals surface area contributed by atoms with Crippen molar-refractivity contribution in [2.45, 2.75) is 153 Å². The first-order chi connectivity index (χ1) is 34.8. The van der Waals surface area contributed by atoms with E-state index in [-0.39, 0.29) is 18.1 Å². The molecule has 398 valence electrons. The summed E-state index contributed by atoms with van der Waals surface area (Å²) in [6.07, 6.45) is 14.6. The van der Waals surface area contributed by atoms with Crippen LogP contribution >= 0.6 is 0 Å². The van der Waals surface area contributed by atoms with Gasteiger partial charge < -0.3 is 33.9 Å². The molecule has 3 aliphatic rings. The van der Waals surface area contributed by atoms with Crippen LogP contribution in [0.15, 0.2) is 114 Å². The zero-order valence-corrected chi connectivity index (χ0v) is 41.3. The van der Waals surface area contributed by atoms with Gasteiger partial charge in [0.25, 0.3) is 0 Å². The van der Waals surface area contributed by atoms with E-state index >= 15 is 0 Å². The summed E-state index contributed by atoms with van der Waals surface area (Å²) in [5, 5.41) is 18.6. The van der Waals surface area contributed by atoms with E-state index in [0.29, 0.717) is 31.4 Å². The smallest absolute Gasteiger partial charge is 0.416 e. The Morgan fingerprint density at radius 2 is 0.904 bits per heavy atom. The van der Waals surface area contributed by atoms with E-state index in [1.165, 1.54) is 61.3 Å². The van der Waals surface area contributed by atoms with Crippen LogP contribution in [-0.2, 0) is 41.0 Å². The Hall–Kier alpha value is -6.52. The van der Waals surface area contributed by atoms with Gasteiger partial charge in [0, 0.05) is 6.08 Å². The summed E-state index contributed by atoms with van der Waals surface area (Å²) in [5.74, 6) is -2.12. The average Bonchev–Trinajstić information content (AvgIpc) is 3.38. The number of esters is 2. The van der Waals surface area contributed by atoms with Gasteiger partial charge in [0.15, 0.2) is 18.3 Å². The molecule has 0 saturated carbocycles. The van der Waals surface area contributed by atoms with Crippen LogP contribution in [0.1, 0.15) is 139 Å². The van der Waals surface area contributed by atoms with E-state index in [9.17, 15) is 55.7 Å². The second-order valence-electron chi connectivity index (χ2n) is 17.7. The van der Waals surface area contributed by atoms with E-state index in [0.717, 1.165) is 113 Å². The van der Waals surface area contributed by atoms with Crippen molar-refractivity contribution in [3.05, 3.63) is 131 Å². The first kappa shape index (κ1) is 59.0. The molecule has 0 heterocycles. The molecule has 0 bridgehead atoms. The van der Waals surface area contributed by atoms with Crippen molar-refractivity contribution in [2.24, 2.45) is 0 Å². The minimum Gasteiger partial charge on any atom is -0.479 e. The molecule has 3 atom stereocenters. The first-order valence-corrected chi connectivity index (χ1v) is 24.7. The summed E-state index contributed by atoms with van der Waals surface area (Å²) in [7, 11) is 1.32. The SMILES string of the molecule is CCOC(=O)C(CCC1=CCCCC1)Oc1ccc(C(F)(F)F)cc1.COC(=O)/C=C/c1ccc(OC(CCC2=CCCCC2)C(=O)O)cc1.O=C(O)C(CCC1=CCCCC1)Oc1ccc(C(F)(F)F)cc1. The molecule has 0 spiro atoms. The van der Waals surface area contributed by atoms with Crippen LogP contribution in [0.2, 0.25) is 0 Å². The maximum absolute atomic E-state index is 12.6. The molecule has 0 fully saturated rings. The van der Waals surface area contributed by atoms with Crippen LogP contribution in [0.4, 0.5) is 26.3 Å². The van der Waals surface area contributed by atoms with Gasteiger partial charge in [-0.25, -0.2) is 19.2 Å². The van der Waals surface area contributed by atoms with Crippen LogP contribution in [0.3, 0.4) is 0 Å². The highest BCUT2D eigenvalue weighted by Gasteiger charge is 2.32. The molecule has 3 aliphatic carbocycles. The van der Waals surface area contributed by atoms with Crippen LogP contribution < -0.4 is 14.2 Å². The van der Waals surface area contributed by atoms with E-state index in [1.54, 1.807) is 37.3 Å². The molecule has 17 heteroatoms. The number of hydrogen-bond donors (Lipinski definition) is 2. The Morgan fingerprint density at radius 3 is 1.22 bits per heavy atom. The lowest BCUT2D eigenvalue weighted by atomic mass is 9.95. The fourth-order valence-electron chi connectivity index (χ4n) is 8.10. The number of benzene rings is 3. The summed E-state index contributed by atoms with van der Waals surface area (Å²) in [6, 6.07) is 15.4. The lowest BCUT2D eigenvalue weighted by Gasteiger charge is -2.20. The van der Waals surface area contributed by atoms with Gasteiger partial charge in [-0.05, 0) is 195 Å². The normalized spacial score (nSPS) is 16.0. The Bertz CT molecular complexity index is 2320. The predicted octanol–water partition coefficient (Wildman–Crippen LogP) is 14.1. The molecule has 3 aromatic rings. The number of alkyl halides is 6. The van der Waals surface area contributed by atoms with E-state index in [1.807, 2.05) is 0 Å². The number of carbonyl (C=O) groups is 4. The fourth-order valence-corrected chi connectivity index (χ4v) is 8.10. The number of rotatable bonds is 21. The van der Waals surface area contributed by atoms with Crippen molar-refractivity contribution in [3.63, 3.8) is 0 Å². The van der Waals surface area contributed by atoms with Crippen molar-refractivity contribution in [2.75, 3.05) is 13.7 Å². The Balaban J connectivity index is 0.000000238. The van der Waals surface area contributed by atoms with Gasteiger partial charge in [0.1, 0.15) is 17.2 Å². The quantitative estimate of drug-likeness (QED) is 0.0453. The number of halogens is 6. The Morgan fingerprint density at radius 1 is 0.548 bits per heavy atom.